The maximum absolute atomic E-state index is 10.9. The fraction of sp³-hybridized carbons (Fsp3) is 0.333. The predicted molar refractivity (Wildman–Crippen MR) is 83.4 cm³/mol. The van der Waals surface area contributed by atoms with Crippen molar-refractivity contribution in [2.24, 2.45) is 0 Å². The molecule has 0 saturated heterocycles. The van der Waals surface area contributed by atoms with Crippen LogP contribution >= 0.6 is 0 Å². The third-order valence-electron chi connectivity index (χ3n) is 4.11. The van der Waals surface area contributed by atoms with Crippen molar-refractivity contribution < 1.29 is 5.11 Å². The molecule has 0 unspecified atom stereocenters. The zero-order valence-corrected chi connectivity index (χ0v) is 12.5. The quantitative estimate of drug-likeness (QED) is 0.899. The van der Waals surface area contributed by atoms with E-state index in [2.05, 4.69) is 31.0 Å². The van der Waals surface area contributed by atoms with Crippen LogP contribution in [0.2, 0.25) is 0 Å². The Morgan fingerprint density at radius 1 is 1.00 bits per heavy atom. The molecule has 0 heterocycles. The van der Waals surface area contributed by atoms with Crippen LogP contribution in [0, 0.1) is 0 Å². The van der Waals surface area contributed by atoms with Crippen LogP contribution in [0.4, 0.5) is 0 Å². The third kappa shape index (κ3) is 3.27. The molecule has 0 aliphatic carbocycles. The monoisotopic (exact) mass is 269 g/mol. The van der Waals surface area contributed by atoms with Gasteiger partial charge in [0, 0.05) is 12.6 Å². The fourth-order valence-corrected chi connectivity index (χ4v) is 2.45. The Balaban J connectivity index is 2.12. The topological polar surface area (TPSA) is 23.5 Å². The Morgan fingerprint density at radius 2 is 1.50 bits per heavy atom. The highest BCUT2D eigenvalue weighted by Crippen LogP contribution is 2.27. The lowest BCUT2D eigenvalue weighted by atomic mass is 9.88. The van der Waals surface area contributed by atoms with Crippen molar-refractivity contribution in [1.82, 2.24) is 4.90 Å². The zero-order chi connectivity index (χ0) is 14.6. The van der Waals surface area contributed by atoms with Gasteiger partial charge in [-0.05, 0) is 32.0 Å². The van der Waals surface area contributed by atoms with Crippen LogP contribution in [0.25, 0.3) is 0 Å². The molecule has 0 aromatic heterocycles. The van der Waals surface area contributed by atoms with Gasteiger partial charge in [0.1, 0.15) is 5.60 Å². The minimum atomic E-state index is -0.870. The standard InChI is InChI=1S/C18H23NO/c1-15(18(2,20)17-12-8-5-9-13-17)19(3)14-16-10-6-4-7-11-16/h4-13,15,20H,14H2,1-3H3/t15-,18+/m1/s1. The van der Waals surface area contributed by atoms with Gasteiger partial charge in [0.15, 0.2) is 0 Å². The zero-order valence-electron chi connectivity index (χ0n) is 12.5. The van der Waals surface area contributed by atoms with Gasteiger partial charge >= 0.3 is 0 Å². The van der Waals surface area contributed by atoms with Gasteiger partial charge in [-0.1, -0.05) is 60.7 Å². The number of hydrogen-bond donors (Lipinski definition) is 1. The number of benzene rings is 2. The van der Waals surface area contributed by atoms with Gasteiger partial charge in [0.05, 0.1) is 0 Å². The van der Waals surface area contributed by atoms with E-state index in [1.165, 1.54) is 5.56 Å². The van der Waals surface area contributed by atoms with Gasteiger partial charge in [-0.3, -0.25) is 4.90 Å². The van der Waals surface area contributed by atoms with Crippen molar-refractivity contribution in [3.8, 4) is 0 Å². The molecule has 0 radical (unpaired) electrons. The summed E-state index contributed by atoms with van der Waals surface area (Å²) >= 11 is 0. The Kier molecular flexibility index (Phi) is 4.58. The minimum Gasteiger partial charge on any atom is -0.384 e. The van der Waals surface area contributed by atoms with Gasteiger partial charge in [0.25, 0.3) is 0 Å². The molecule has 2 rings (SSSR count). The summed E-state index contributed by atoms with van der Waals surface area (Å²) in [7, 11) is 2.05. The van der Waals surface area contributed by atoms with Crippen LogP contribution in [-0.4, -0.2) is 23.1 Å². The molecular weight excluding hydrogens is 246 g/mol. The lowest BCUT2D eigenvalue weighted by molar-refractivity contribution is -0.0252. The second kappa shape index (κ2) is 6.21. The normalized spacial score (nSPS) is 15.8. The molecule has 2 nitrogen and oxygen atoms in total. The Morgan fingerprint density at radius 3 is 2.05 bits per heavy atom. The first-order valence-electron chi connectivity index (χ1n) is 7.04. The molecule has 0 saturated carbocycles. The first-order chi connectivity index (χ1) is 9.51. The molecule has 106 valence electrons. The van der Waals surface area contributed by atoms with E-state index in [9.17, 15) is 5.11 Å². The lowest BCUT2D eigenvalue weighted by Gasteiger charge is -2.37. The van der Waals surface area contributed by atoms with Crippen LogP contribution in [0.3, 0.4) is 0 Å². The molecule has 0 bridgehead atoms. The Hall–Kier alpha value is -1.64. The molecule has 0 fully saturated rings. The predicted octanol–water partition coefficient (Wildman–Crippen LogP) is 3.41. The van der Waals surface area contributed by atoms with Crippen molar-refractivity contribution >= 4 is 0 Å². The van der Waals surface area contributed by atoms with Crippen molar-refractivity contribution in [3.63, 3.8) is 0 Å². The third-order valence-corrected chi connectivity index (χ3v) is 4.11. The van der Waals surface area contributed by atoms with Crippen molar-refractivity contribution in [3.05, 3.63) is 71.8 Å². The second-order valence-corrected chi connectivity index (χ2v) is 5.59. The SMILES string of the molecule is C[C@@H](N(C)Cc1ccccc1)[C@](C)(O)c1ccccc1. The summed E-state index contributed by atoms with van der Waals surface area (Å²) in [6, 6.07) is 20.2. The van der Waals surface area contributed by atoms with E-state index in [0.29, 0.717) is 0 Å². The summed E-state index contributed by atoms with van der Waals surface area (Å²) in [4.78, 5) is 2.18. The highest BCUT2D eigenvalue weighted by molar-refractivity contribution is 5.23. The molecule has 0 aliphatic rings. The van der Waals surface area contributed by atoms with E-state index in [4.69, 9.17) is 0 Å². The number of rotatable bonds is 5. The molecule has 0 amide bonds. The maximum Gasteiger partial charge on any atom is 0.102 e. The second-order valence-electron chi connectivity index (χ2n) is 5.59. The molecule has 2 heteroatoms. The van der Waals surface area contributed by atoms with Gasteiger partial charge in [-0.25, -0.2) is 0 Å². The Bertz CT molecular complexity index is 522. The van der Waals surface area contributed by atoms with E-state index in [0.717, 1.165) is 12.1 Å². The van der Waals surface area contributed by atoms with Crippen molar-refractivity contribution in [1.29, 1.82) is 0 Å². The van der Waals surface area contributed by atoms with E-state index in [-0.39, 0.29) is 6.04 Å². The van der Waals surface area contributed by atoms with Crippen LogP contribution in [0.1, 0.15) is 25.0 Å². The fourth-order valence-electron chi connectivity index (χ4n) is 2.45. The van der Waals surface area contributed by atoms with Crippen LogP contribution < -0.4 is 0 Å². The van der Waals surface area contributed by atoms with Crippen LogP contribution in [0.5, 0.6) is 0 Å². The minimum absolute atomic E-state index is 0.0186. The van der Waals surface area contributed by atoms with Crippen LogP contribution in [-0.2, 0) is 12.1 Å². The van der Waals surface area contributed by atoms with Crippen molar-refractivity contribution in [2.45, 2.75) is 32.0 Å². The molecule has 20 heavy (non-hydrogen) atoms. The van der Waals surface area contributed by atoms with E-state index >= 15 is 0 Å². The Labute approximate surface area is 121 Å². The summed E-state index contributed by atoms with van der Waals surface area (Å²) in [5, 5.41) is 10.9. The molecule has 2 atom stereocenters. The van der Waals surface area contributed by atoms with Gasteiger partial charge in [-0.15, -0.1) is 0 Å². The summed E-state index contributed by atoms with van der Waals surface area (Å²) < 4.78 is 0. The highest BCUT2D eigenvalue weighted by Gasteiger charge is 2.32. The first-order valence-corrected chi connectivity index (χ1v) is 7.04. The molecular formula is C18H23NO. The maximum atomic E-state index is 10.9. The number of hydrogen-bond acceptors (Lipinski definition) is 2. The summed E-state index contributed by atoms with van der Waals surface area (Å²) in [6.45, 7) is 4.77. The molecule has 2 aromatic carbocycles. The molecule has 0 spiro atoms. The summed E-state index contributed by atoms with van der Waals surface area (Å²) in [6.07, 6.45) is 0. The molecule has 1 N–H and O–H groups in total. The van der Waals surface area contributed by atoms with Crippen LogP contribution in [0.15, 0.2) is 60.7 Å². The average Bonchev–Trinajstić information content (AvgIpc) is 2.48. The highest BCUT2D eigenvalue weighted by atomic mass is 16.3. The van der Waals surface area contributed by atoms with Gasteiger partial charge < -0.3 is 5.11 Å². The van der Waals surface area contributed by atoms with E-state index in [1.807, 2.05) is 55.5 Å². The van der Waals surface area contributed by atoms with Gasteiger partial charge in [-0.2, -0.15) is 0 Å². The molecule has 0 aliphatic heterocycles. The molecule has 2 aromatic rings. The number of likely N-dealkylation sites (N-methyl/N-ethyl adjacent to an activating group) is 1. The number of nitrogens with zero attached hydrogens (tertiary/aromatic N) is 1. The number of aliphatic hydroxyl groups is 1. The van der Waals surface area contributed by atoms with E-state index in [1.54, 1.807) is 0 Å². The van der Waals surface area contributed by atoms with Gasteiger partial charge in [0.2, 0.25) is 0 Å². The lowest BCUT2D eigenvalue weighted by Crippen LogP contribution is -2.45. The largest absolute Gasteiger partial charge is 0.384 e. The smallest absolute Gasteiger partial charge is 0.102 e. The first kappa shape index (κ1) is 14.8. The van der Waals surface area contributed by atoms with E-state index < -0.39 is 5.60 Å². The summed E-state index contributed by atoms with van der Waals surface area (Å²) in [5.41, 5.74) is 1.34. The van der Waals surface area contributed by atoms with Crippen molar-refractivity contribution in [2.75, 3.05) is 7.05 Å². The summed E-state index contributed by atoms with van der Waals surface area (Å²) in [5.74, 6) is 0. The average molecular weight is 269 g/mol.